The van der Waals surface area contributed by atoms with Crippen LogP contribution in [0.1, 0.15) is 11.5 Å². The molecule has 0 amide bonds. The van der Waals surface area contributed by atoms with Crippen LogP contribution in [0.25, 0.3) is 18.4 Å². The first kappa shape index (κ1) is 23.4. The summed E-state index contributed by atoms with van der Waals surface area (Å²) in [6.07, 6.45) is 4.81. The van der Waals surface area contributed by atoms with Gasteiger partial charge in [-0.3, -0.25) is 0 Å². The van der Waals surface area contributed by atoms with Crippen LogP contribution in [-0.4, -0.2) is 47.7 Å². The number of nitrogens with one attached hydrogen (secondary N) is 2. The molecule has 2 heterocycles. The average molecular weight is 635 g/mol. The van der Waals surface area contributed by atoms with Crippen LogP contribution in [0.5, 0.6) is 0 Å². The third-order valence-electron chi connectivity index (χ3n) is 3.31. The Bertz CT molecular complexity index is 976. The second-order valence-electron chi connectivity index (χ2n) is 5.45. The molecule has 0 atom stereocenters. The van der Waals surface area contributed by atoms with E-state index in [1.807, 2.05) is 12.1 Å². The Morgan fingerprint density at radius 3 is 2.77 bits per heavy atom. The van der Waals surface area contributed by atoms with E-state index in [1.54, 1.807) is 6.08 Å². The van der Waals surface area contributed by atoms with Gasteiger partial charge in [-0.15, -0.1) is 0 Å². The molecule has 2 rings (SSSR count). The van der Waals surface area contributed by atoms with Gasteiger partial charge in [0.25, 0.3) is 0 Å². The summed E-state index contributed by atoms with van der Waals surface area (Å²) in [7, 11) is -2.94. The Labute approximate surface area is 185 Å². The van der Waals surface area contributed by atoms with Crippen molar-refractivity contribution in [2.24, 2.45) is 0 Å². The maximum Gasteiger partial charge on any atom is 0 e. The van der Waals surface area contributed by atoms with Crippen LogP contribution in [0.3, 0.4) is 0 Å². The van der Waals surface area contributed by atoms with Crippen LogP contribution in [-0.2, 0) is 33.2 Å². The van der Waals surface area contributed by atoms with Gasteiger partial charge in [-0.05, 0) is 0 Å². The quantitative estimate of drug-likeness (QED) is 0.317. The van der Waals surface area contributed by atoms with Gasteiger partial charge in [-0.2, -0.15) is 0 Å². The van der Waals surface area contributed by atoms with Crippen molar-refractivity contribution in [2.45, 2.75) is 6.42 Å². The predicted molar refractivity (Wildman–Crippen MR) is 93.3 cm³/mol. The van der Waals surface area contributed by atoms with Crippen molar-refractivity contribution in [3.8, 4) is 0 Å². The molecule has 2 N–H and O–H groups in total. The molecule has 7 nitrogen and oxygen atoms in total. The van der Waals surface area contributed by atoms with Gasteiger partial charge in [-0.1, -0.05) is 0 Å². The van der Waals surface area contributed by atoms with E-state index in [1.165, 1.54) is 12.6 Å². The molecule has 0 aliphatic carbocycles. The summed E-state index contributed by atoms with van der Waals surface area (Å²) in [4.78, 5) is 7.69. The summed E-state index contributed by atoms with van der Waals surface area (Å²) >= 11 is 2.38. The summed E-state index contributed by atoms with van der Waals surface area (Å²) in [5.41, 5.74) is 7.78. The van der Waals surface area contributed by atoms with Gasteiger partial charge >= 0.3 is 155 Å². The van der Waals surface area contributed by atoms with Gasteiger partial charge in [0.2, 0.25) is 0 Å². The van der Waals surface area contributed by atoms with Gasteiger partial charge in [0.05, 0.1) is 0 Å². The molecule has 26 heavy (non-hydrogen) atoms. The molecule has 0 unspecified atom stereocenters. The molecule has 0 aromatic carbocycles. The maximum atomic E-state index is 11.0. The van der Waals surface area contributed by atoms with Crippen molar-refractivity contribution in [3.63, 3.8) is 0 Å². The van der Waals surface area contributed by atoms with Gasteiger partial charge in [0.15, 0.2) is 0 Å². The van der Waals surface area contributed by atoms with E-state index in [0.717, 1.165) is 9.99 Å². The number of nitrogens with zero attached hydrogens (tertiary/aromatic N) is 2. The molecule has 2 aromatic rings. The Morgan fingerprint density at radius 2 is 2.12 bits per heavy atom. The molecular formula is C16H18N4O3SUV-2. The topological polar surface area (TPSA) is 109 Å². The van der Waals surface area contributed by atoms with Crippen molar-refractivity contribution in [1.82, 2.24) is 15.3 Å². The molecule has 0 radical (unpaired) electrons. The maximum absolute atomic E-state index is 11.0. The van der Waals surface area contributed by atoms with Crippen LogP contribution < -0.4 is 15.9 Å². The normalized spacial score (nSPS) is 11.9. The van der Waals surface area contributed by atoms with E-state index in [9.17, 15) is 8.42 Å². The molecule has 0 aliphatic rings. The van der Waals surface area contributed by atoms with E-state index in [2.05, 4.69) is 32.3 Å². The van der Waals surface area contributed by atoms with E-state index < -0.39 is 9.84 Å². The second-order valence-corrected chi connectivity index (χ2v) is 8.46. The fourth-order valence-corrected chi connectivity index (χ4v) is 2.91. The van der Waals surface area contributed by atoms with Gasteiger partial charge in [0.1, 0.15) is 0 Å². The zero-order valence-electron chi connectivity index (χ0n) is 14.2. The average Bonchev–Trinajstić information content (AvgIpc) is 2.98. The Balaban J connectivity index is 0.00000338. The Morgan fingerprint density at radius 1 is 1.38 bits per heavy atom. The van der Waals surface area contributed by atoms with Crippen molar-refractivity contribution < 1.29 is 60.9 Å². The molecule has 0 aliphatic heterocycles. The van der Waals surface area contributed by atoms with Gasteiger partial charge in [-0.25, -0.2) is 0 Å². The van der Waals surface area contributed by atoms with Crippen LogP contribution in [0.4, 0.5) is 5.82 Å². The third-order valence-corrected chi connectivity index (χ3v) is 4.80. The summed E-state index contributed by atoms with van der Waals surface area (Å²) in [6.45, 7) is 6.81. The fraction of sp³-hybridized carbons (Fsp3) is 0.312. The summed E-state index contributed by atoms with van der Waals surface area (Å²) in [5.74, 6) is 1.60. The first-order valence-electron chi connectivity index (χ1n) is 7.46. The summed E-state index contributed by atoms with van der Waals surface area (Å²) in [6, 6.07) is 3.70. The number of sulfone groups is 1. The van der Waals surface area contributed by atoms with Gasteiger partial charge < -0.3 is 0 Å². The summed E-state index contributed by atoms with van der Waals surface area (Å²) in [5, 5.41) is 3.75. The van der Waals surface area contributed by atoms with Crippen molar-refractivity contribution in [2.75, 3.05) is 25.1 Å². The van der Waals surface area contributed by atoms with E-state index in [0.29, 0.717) is 30.5 Å². The number of aromatic nitrogens is 2. The number of hydrogen-bond acceptors (Lipinski definition) is 6. The molecular weight excluding hydrogens is 617 g/mol. The summed E-state index contributed by atoms with van der Waals surface area (Å²) < 4.78 is 28.6. The standard InChI is InChI=1S/C16H18N4O3S.U.V/c1-12-15(16(17)20-11-19-12)6-5-13-3-4-14(23-13)7-8-18-9-10-24(2,21)22;;/h1,3-4,6,11,18H,7-10H2,2H3,(H-,17,19,20);;/q-2;;/b15-6+;;. The number of furan rings is 1. The second kappa shape index (κ2) is 10.6. The van der Waals surface area contributed by atoms with Crippen molar-refractivity contribution in [3.05, 3.63) is 46.3 Å². The minimum absolute atomic E-state index is 0. The number of rotatable bonds is 8. The van der Waals surface area contributed by atoms with Crippen LogP contribution in [0.2, 0.25) is 0 Å². The van der Waals surface area contributed by atoms with E-state index in [-0.39, 0.29) is 48.0 Å². The zero-order chi connectivity index (χ0) is 18.4. The van der Waals surface area contributed by atoms with E-state index >= 15 is 0 Å². The zero-order valence-corrected chi connectivity index (χ0v) is 20.6. The number of hydrogen-bond donors (Lipinski definition) is 1. The fourth-order valence-electron chi connectivity index (χ4n) is 2.00. The van der Waals surface area contributed by atoms with E-state index in [4.69, 9.17) is 16.7 Å². The Hall–Kier alpha value is -0.684. The van der Waals surface area contributed by atoms with Crippen molar-refractivity contribution >= 4 is 32.5 Å². The van der Waals surface area contributed by atoms with Crippen LogP contribution in [0, 0.1) is 31.1 Å². The Kier molecular flexibility index (Phi) is 9.52. The van der Waals surface area contributed by atoms with Crippen molar-refractivity contribution in [1.29, 1.82) is 0 Å². The third kappa shape index (κ3) is 7.51. The molecule has 0 bridgehead atoms. The molecule has 137 valence electrons. The van der Waals surface area contributed by atoms with Gasteiger partial charge in [0, 0.05) is 31.1 Å². The smallest absolute Gasteiger partial charge is 0 e. The monoisotopic (exact) mass is 635 g/mol. The molecule has 0 fully saturated rings. The molecule has 0 spiro atoms. The molecule has 0 saturated heterocycles. The first-order chi connectivity index (χ1) is 11.8. The SMILES string of the molecule is [CH-]=c1ncnc([NH-])/c1=C/[C](=[V])c1ccc(CCNCCS(C)(=O)=O)o1.[U]. The molecule has 2 aromatic heterocycles. The molecule has 0 saturated carbocycles. The van der Waals surface area contributed by atoms with Crippen LogP contribution >= 0.6 is 0 Å². The predicted octanol–water partition coefficient (Wildman–Crippen LogP) is -0.235. The minimum Gasteiger partial charge on any atom is 0 e. The van der Waals surface area contributed by atoms with Crippen LogP contribution in [0.15, 0.2) is 22.9 Å². The first-order valence-corrected chi connectivity index (χ1v) is 10.2. The minimum atomic E-state index is -2.94. The largest absolute Gasteiger partial charge is 0 e. The molecule has 10 heteroatoms.